The summed E-state index contributed by atoms with van der Waals surface area (Å²) in [6.07, 6.45) is 0.241. The number of carbonyl (C=O) groups is 2. The summed E-state index contributed by atoms with van der Waals surface area (Å²) in [5.74, 6) is -1.02. The standard InChI is InChI=1S/C18H33NO5/c1-16(2,3)24-15(22)19-11-17(4,5)10-9-12(19)18(6,7)13(23-8)14(20)21/h12-13H,9-11H2,1-8H3,(H,20,21). The number of rotatable bonds is 4. The Bertz CT molecular complexity index is 478. The molecule has 1 saturated heterocycles. The smallest absolute Gasteiger partial charge is 0.410 e. The summed E-state index contributed by atoms with van der Waals surface area (Å²) >= 11 is 0. The van der Waals surface area contributed by atoms with Crippen LogP contribution in [0.2, 0.25) is 0 Å². The molecular weight excluding hydrogens is 310 g/mol. The van der Waals surface area contributed by atoms with Crippen molar-refractivity contribution < 1.29 is 24.2 Å². The van der Waals surface area contributed by atoms with E-state index in [0.29, 0.717) is 13.0 Å². The van der Waals surface area contributed by atoms with Crippen molar-refractivity contribution in [2.45, 2.75) is 79.1 Å². The van der Waals surface area contributed by atoms with Crippen molar-refractivity contribution in [3.05, 3.63) is 0 Å². The van der Waals surface area contributed by atoms with Gasteiger partial charge in [0.05, 0.1) is 0 Å². The number of nitrogens with zero attached hydrogens (tertiary/aromatic N) is 1. The molecule has 0 aromatic heterocycles. The van der Waals surface area contributed by atoms with E-state index in [1.54, 1.807) is 4.90 Å². The van der Waals surface area contributed by atoms with Crippen LogP contribution in [0.1, 0.15) is 61.3 Å². The van der Waals surface area contributed by atoms with Gasteiger partial charge in [-0.2, -0.15) is 0 Å². The number of carboxylic acid groups (broad SMARTS) is 1. The maximum atomic E-state index is 12.8. The fourth-order valence-electron chi connectivity index (χ4n) is 3.52. The molecule has 0 bridgehead atoms. The highest BCUT2D eigenvalue weighted by atomic mass is 16.6. The molecule has 1 heterocycles. The molecule has 0 radical (unpaired) electrons. The first-order valence-electron chi connectivity index (χ1n) is 8.46. The number of hydrogen-bond donors (Lipinski definition) is 1. The lowest BCUT2D eigenvalue weighted by Crippen LogP contribution is -2.60. The number of carboxylic acids is 1. The van der Waals surface area contributed by atoms with Crippen LogP contribution in [0.5, 0.6) is 0 Å². The van der Waals surface area contributed by atoms with Gasteiger partial charge >= 0.3 is 12.1 Å². The van der Waals surface area contributed by atoms with Crippen LogP contribution in [0, 0.1) is 10.8 Å². The van der Waals surface area contributed by atoms with Gasteiger partial charge in [-0.25, -0.2) is 9.59 Å². The van der Waals surface area contributed by atoms with Crippen molar-refractivity contribution >= 4 is 12.1 Å². The molecule has 1 amide bonds. The average Bonchev–Trinajstić information content (AvgIpc) is 2.34. The molecule has 2 atom stereocenters. The summed E-state index contributed by atoms with van der Waals surface area (Å²) in [4.78, 5) is 26.0. The number of hydrogen-bond acceptors (Lipinski definition) is 4. The van der Waals surface area contributed by atoms with E-state index in [-0.39, 0.29) is 11.5 Å². The van der Waals surface area contributed by atoms with Gasteiger partial charge in [0.1, 0.15) is 5.60 Å². The first-order valence-corrected chi connectivity index (χ1v) is 8.46. The van der Waals surface area contributed by atoms with Gasteiger partial charge in [0, 0.05) is 25.1 Å². The van der Waals surface area contributed by atoms with Gasteiger partial charge in [0.15, 0.2) is 6.10 Å². The molecule has 2 unspecified atom stereocenters. The number of aliphatic carboxylic acids is 1. The summed E-state index contributed by atoms with van der Waals surface area (Å²) < 4.78 is 10.8. The molecule has 1 aliphatic rings. The van der Waals surface area contributed by atoms with Gasteiger partial charge < -0.3 is 19.5 Å². The normalized spacial score (nSPS) is 22.8. The van der Waals surface area contributed by atoms with E-state index in [4.69, 9.17) is 9.47 Å². The van der Waals surface area contributed by atoms with E-state index in [2.05, 4.69) is 13.8 Å². The minimum absolute atomic E-state index is 0.0325. The number of piperidine rings is 1. The van der Waals surface area contributed by atoms with Crippen LogP contribution in [0.15, 0.2) is 0 Å². The van der Waals surface area contributed by atoms with Crippen molar-refractivity contribution in [1.29, 1.82) is 0 Å². The lowest BCUT2D eigenvalue weighted by Gasteiger charge is -2.50. The highest BCUT2D eigenvalue weighted by Gasteiger charge is 2.49. The Morgan fingerprint density at radius 2 is 1.75 bits per heavy atom. The second kappa shape index (κ2) is 6.90. The van der Waals surface area contributed by atoms with Crippen LogP contribution in [0.3, 0.4) is 0 Å². The fourth-order valence-corrected chi connectivity index (χ4v) is 3.52. The molecule has 6 nitrogen and oxygen atoms in total. The van der Waals surface area contributed by atoms with Crippen LogP contribution < -0.4 is 0 Å². The molecule has 1 aliphatic heterocycles. The molecule has 6 heteroatoms. The van der Waals surface area contributed by atoms with Gasteiger partial charge in [-0.3, -0.25) is 0 Å². The Morgan fingerprint density at radius 1 is 1.21 bits per heavy atom. The van der Waals surface area contributed by atoms with Crippen molar-refractivity contribution in [3.63, 3.8) is 0 Å². The maximum Gasteiger partial charge on any atom is 0.410 e. The maximum absolute atomic E-state index is 12.8. The lowest BCUT2D eigenvalue weighted by molar-refractivity contribution is -0.161. The molecule has 140 valence electrons. The van der Waals surface area contributed by atoms with Gasteiger partial charge in [0.2, 0.25) is 0 Å². The van der Waals surface area contributed by atoms with E-state index < -0.39 is 29.2 Å². The topological polar surface area (TPSA) is 76.1 Å². The molecule has 24 heavy (non-hydrogen) atoms. The van der Waals surface area contributed by atoms with E-state index in [1.807, 2.05) is 34.6 Å². The number of amides is 1. The molecule has 0 spiro atoms. The van der Waals surface area contributed by atoms with Gasteiger partial charge in [-0.15, -0.1) is 0 Å². The summed E-state index contributed by atoms with van der Waals surface area (Å²) in [7, 11) is 1.39. The quantitative estimate of drug-likeness (QED) is 0.845. The molecule has 0 aromatic carbocycles. The number of ether oxygens (including phenoxy) is 2. The van der Waals surface area contributed by atoms with Crippen LogP contribution in [-0.2, 0) is 14.3 Å². The van der Waals surface area contributed by atoms with Gasteiger partial charge in [-0.05, 0) is 39.0 Å². The third-order valence-corrected chi connectivity index (χ3v) is 4.69. The highest BCUT2D eigenvalue weighted by molar-refractivity contribution is 5.74. The van der Waals surface area contributed by atoms with Crippen LogP contribution in [0.4, 0.5) is 4.79 Å². The van der Waals surface area contributed by atoms with Crippen molar-refractivity contribution in [2.75, 3.05) is 13.7 Å². The van der Waals surface area contributed by atoms with Crippen LogP contribution >= 0.6 is 0 Å². The third-order valence-electron chi connectivity index (χ3n) is 4.69. The summed E-state index contributed by atoms with van der Waals surface area (Å²) in [5, 5.41) is 9.49. The zero-order chi connectivity index (χ0) is 18.9. The van der Waals surface area contributed by atoms with E-state index in [9.17, 15) is 14.7 Å². The van der Waals surface area contributed by atoms with E-state index in [0.717, 1.165) is 6.42 Å². The zero-order valence-electron chi connectivity index (χ0n) is 16.3. The first kappa shape index (κ1) is 20.7. The second-order valence-corrected chi connectivity index (χ2v) is 9.10. The first-order chi connectivity index (χ1) is 10.7. The van der Waals surface area contributed by atoms with Crippen molar-refractivity contribution in [2.24, 2.45) is 10.8 Å². The summed E-state index contributed by atoms with van der Waals surface area (Å²) in [6, 6.07) is -0.263. The SMILES string of the molecule is COC(C(=O)O)C(C)(C)C1CCC(C)(C)CN1C(=O)OC(C)(C)C. The zero-order valence-corrected chi connectivity index (χ0v) is 16.3. The predicted octanol–water partition coefficient (Wildman–Crippen LogP) is 3.54. The predicted molar refractivity (Wildman–Crippen MR) is 92.0 cm³/mol. The Balaban J connectivity index is 3.17. The number of methoxy groups -OCH3 is 1. The minimum Gasteiger partial charge on any atom is -0.479 e. The molecule has 0 saturated carbocycles. The monoisotopic (exact) mass is 343 g/mol. The fraction of sp³-hybridized carbons (Fsp3) is 0.889. The molecule has 1 fully saturated rings. The molecular formula is C18H33NO5. The van der Waals surface area contributed by atoms with E-state index >= 15 is 0 Å². The Kier molecular flexibility index (Phi) is 5.97. The minimum atomic E-state index is -1.02. The number of carbonyl (C=O) groups excluding carboxylic acids is 1. The molecule has 0 aliphatic carbocycles. The molecule has 1 rings (SSSR count). The third kappa shape index (κ3) is 4.85. The van der Waals surface area contributed by atoms with E-state index in [1.165, 1.54) is 7.11 Å². The average molecular weight is 343 g/mol. The van der Waals surface area contributed by atoms with Gasteiger partial charge in [-0.1, -0.05) is 27.7 Å². The van der Waals surface area contributed by atoms with Crippen LogP contribution in [0.25, 0.3) is 0 Å². The number of likely N-dealkylation sites (tertiary alicyclic amines) is 1. The van der Waals surface area contributed by atoms with Crippen molar-refractivity contribution in [3.8, 4) is 0 Å². The summed E-state index contributed by atoms with van der Waals surface area (Å²) in [6.45, 7) is 13.9. The second-order valence-electron chi connectivity index (χ2n) is 9.10. The van der Waals surface area contributed by atoms with Crippen molar-refractivity contribution in [1.82, 2.24) is 4.90 Å². The molecule has 1 N–H and O–H groups in total. The Labute approximate surface area is 145 Å². The molecule has 0 aromatic rings. The Hall–Kier alpha value is -1.30. The van der Waals surface area contributed by atoms with Gasteiger partial charge in [0.25, 0.3) is 0 Å². The largest absolute Gasteiger partial charge is 0.479 e. The summed E-state index contributed by atoms with van der Waals surface area (Å²) in [5.41, 5.74) is -1.37. The lowest BCUT2D eigenvalue weighted by atomic mass is 9.70. The van der Waals surface area contributed by atoms with Crippen LogP contribution in [-0.4, -0.2) is 53.5 Å². The Morgan fingerprint density at radius 3 is 2.17 bits per heavy atom. The highest BCUT2D eigenvalue weighted by Crippen LogP contribution is 2.42.